The van der Waals surface area contributed by atoms with E-state index in [1.54, 1.807) is 0 Å². The van der Waals surface area contributed by atoms with E-state index in [1.807, 2.05) is 6.08 Å². The van der Waals surface area contributed by atoms with Gasteiger partial charge in [-0.2, -0.15) is 0 Å². The molecule has 4 unspecified atom stereocenters. The molecule has 21 heavy (non-hydrogen) atoms. The summed E-state index contributed by atoms with van der Waals surface area (Å²) in [6.07, 6.45) is 12.7. The molecule has 1 saturated carbocycles. The Morgan fingerprint density at radius 1 is 1.29 bits per heavy atom. The first-order chi connectivity index (χ1) is 9.81. The summed E-state index contributed by atoms with van der Waals surface area (Å²) in [7, 11) is 0. The zero-order chi connectivity index (χ0) is 16.0. The van der Waals surface area contributed by atoms with Gasteiger partial charge >= 0.3 is 0 Å². The molecule has 0 heteroatoms. The highest BCUT2D eigenvalue weighted by atomic mass is 14.5. The molecule has 0 saturated heterocycles. The van der Waals surface area contributed by atoms with Crippen molar-refractivity contribution in [2.45, 2.75) is 66.7 Å². The van der Waals surface area contributed by atoms with E-state index in [0.717, 1.165) is 24.2 Å². The second kappa shape index (κ2) is 8.01. The van der Waals surface area contributed by atoms with Gasteiger partial charge in [-0.15, -0.1) is 6.58 Å². The van der Waals surface area contributed by atoms with Gasteiger partial charge in [-0.25, -0.2) is 0 Å². The van der Waals surface area contributed by atoms with Crippen LogP contribution in [0.2, 0.25) is 0 Å². The predicted molar refractivity (Wildman–Crippen MR) is 96.3 cm³/mol. The fourth-order valence-electron chi connectivity index (χ4n) is 4.03. The Hall–Kier alpha value is -0.780. The average molecular weight is 289 g/mol. The van der Waals surface area contributed by atoms with Gasteiger partial charge < -0.3 is 0 Å². The first-order valence-electron chi connectivity index (χ1n) is 8.76. The SMILES string of the molecule is C=CCC=CC(C)CCC1C(=C)CC1(C)C(C)CC(C)C. The summed E-state index contributed by atoms with van der Waals surface area (Å²) in [4.78, 5) is 0. The minimum Gasteiger partial charge on any atom is -0.103 e. The molecule has 0 bridgehead atoms. The van der Waals surface area contributed by atoms with Crippen molar-refractivity contribution in [2.24, 2.45) is 29.1 Å². The Labute approximate surface area is 133 Å². The smallest absolute Gasteiger partial charge is 0.0146 e. The highest BCUT2D eigenvalue weighted by molar-refractivity contribution is 5.21. The second-order valence-electron chi connectivity index (χ2n) is 7.93. The maximum atomic E-state index is 4.32. The van der Waals surface area contributed by atoms with Crippen molar-refractivity contribution in [1.82, 2.24) is 0 Å². The Kier molecular flexibility index (Phi) is 6.97. The molecule has 0 N–H and O–H groups in total. The van der Waals surface area contributed by atoms with Crippen LogP contribution >= 0.6 is 0 Å². The number of rotatable bonds is 9. The van der Waals surface area contributed by atoms with Crippen molar-refractivity contribution >= 4 is 0 Å². The van der Waals surface area contributed by atoms with E-state index in [1.165, 1.54) is 31.3 Å². The third-order valence-corrected chi connectivity index (χ3v) is 5.53. The van der Waals surface area contributed by atoms with Crippen molar-refractivity contribution in [2.75, 3.05) is 0 Å². The summed E-state index contributed by atoms with van der Waals surface area (Å²) in [5.41, 5.74) is 1.99. The maximum absolute atomic E-state index is 4.32. The quantitative estimate of drug-likeness (QED) is 0.409. The highest BCUT2D eigenvalue weighted by Gasteiger charge is 2.48. The summed E-state index contributed by atoms with van der Waals surface area (Å²) in [5.74, 6) is 3.01. The first kappa shape index (κ1) is 18.3. The molecule has 0 aromatic carbocycles. The molecule has 0 aromatic rings. The minimum atomic E-state index is 0.492. The molecule has 4 atom stereocenters. The first-order valence-corrected chi connectivity index (χ1v) is 8.76. The lowest BCUT2D eigenvalue weighted by atomic mass is 9.51. The van der Waals surface area contributed by atoms with E-state index in [9.17, 15) is 0 Å². The third-order valence-electron chi connectivity index (χ3n) is 5.53. The lowest BCUT2D eigenvalue weighted by Crippen LogP contribution is -2.45. The van der Waals surface area contributed by atoms with E-state index in [0.29, 0.717) is 11.3 Å². The van der Waals surface area contributed by atoms with Gasteiger partial charge in [0.1, 0.15) is 0 Å². The van der Waals surface area contributed by atoms with Crippen molar-refractivity contribution in [1.29, 1.82) is 0 Å². The molecule has 120 valence electrons. The van der Waals surface area contributed by atoms with Crippen LogP contribution in [0.5, 0.6) is 0 Å². The lowest BCUT2D eigenvalue weighted by molar-refractivity contribution is 0.0364. The second-order valence-corrected chi connectivity index (χ2v) is 7.93. The van der Waals surface area contributed by atoms with Crippen LogP contribution in [-0.2, 0) is 0 Å². The van der Waals surface area contributed by atoms with Crippen molar-refractivity contribution in [3.63, 3.8) is 0 Å². The molecular weight excluding hydrogens is 252 g/mol. The molecular formula is C21H36. The van der Waals surface area contributed by atoms with Crippen molar-refractivity contribution < 1.29 is 0 Å². The van der Waals surface area contributed by atoms with Crippen LogP contribution in [0.4, 0.5) is 0 Å². The fraction of sp³-hybridized carbons (Fsp3) is 0.714. The zero-order valence-electron chi connectivity index (χ0n) is 15.0. The van der Waals surface area contributed by atoms with Gasteiger partial charge in [0.25, 0.3) is 0 Å². The minimum absolute atomic E-state index is 0.492. The van der Waals surface area contributed by atoms with Gasteiger partial charge in [0.05, 0.1) is 0 Å². The van der Waals surface area contributed by atoms with Gasteiger partial charge in [-0.3, -0.25) is 0 Å². The van der Waals surface area contributed by atoms with Crippen LogP contribution in [0, 0.1) is 29.1 Å². The van der Waals surface area contributed by atoms with E-state index < -0.39 is 0 Å². The lowest BCUT2D eigenvalue weighted by Gasteiger charge is -2.54. The van der Waals surface area contributed by atoms with Crippen LogP contribution in [0.1, 0.15) is 66.7 Å². The fourth-order valence-corrected chi connectivity index (χ4v) is 4.03. The van der Waals surface area contributed by atoms with Gasteiger partial charge in [0.15, 0.2) is 0 Å². The maximum Gasteiger partial charge on any atom is -0.0146 e. The number of hydrogen-bond donors (Lipinski definition) is 0. The van der Waals surface area contributed by atoms with Crippen LogP contribution in [0.3, 0.4) is 0 Å². The Balaban J connectivity index is 2.52. The third kappa shape index (κ3) is 4.87. The molecule has 0 radical (unpaired) electrons. The van der Waals surface area contributed by atoms with E-state index in [-0.39, 0.29) is 0 Å². The van der Waals surface area contributed by atoms with Crippen LogP contribution < -0.4 is 0 Å². The Bertz CT molecular complexity index is 373. The summed E-state index contributed by atoms with van der Waals surface area (Å²) < 4.78 is 0. The van der Waals surface area contributed by atoms with E-state index in [2.05, 4.69) is 59.9 Å². The largest absolute Gasteiger partial charge is 0.103 e. The van der Waals surface area contributed by atoms with Crippen LogP contribution in [-0.4, -0.2) is 0 Å². The molecule has 0 aromatic heterocycles. The van der Waals surface area contributed by atoms with Crippen LogP contribution in [0.25, 0.3) is 0 Å². The monoisotopic (exact) mass is 288 g/mol. The van der Waals surface area contributed by atoms with Crippen LogP contribution in [0.15, 0.2) is 37.0 Å². The van der Waals surface area contributed by atoms with Gasteiger partial charge in [0, 0.05) is 0 Å². The zero-order valence-corrected chi connectivity index (χ0v) is 15.0. The van der Waals surface area contributed by atoms with Crippen molar-refractivity contribution in [3.8, 4) is 0 Å². The molecule has 1 fully saturated rings. The summed E-state index contributed by atoms with van der Waals surface area (Å²) in [5, 5.41) is 0. The molecule has 0 spiro atoms. The van der Waals surface area contributed by atoms with Crippen molar-refractivity contribution in [3.05, 3.63) is 37.0 Å². The highest BCUT2D eigenvalue weighted by Crippen LogP contribution is 2.57. The van der Waals surface area contributed by atoms with Gasteiger partial charge in [-0.1, -0.05) is 65.0 Å². The standard InChI is InChI=1S/C21H36/c1-8-9-10-11-17(4)12-13-20-18(5)15-21(20,7)19(6)14-16(2)3/h8,10-11,16-17,19-20H,1,5,9,12-15H2,2-4,6-7H3. The Morgan fingerprint density at radius 2 is 1.95 bits per heavy atom. The predicted octanol–water partition coefficient (Wildman–Crippen LogP) is 6.80. The number of allylic oxidation sites excluding steroid dienone is 4. The topological polar surface area (TPSA) is 0 Å². The summed E-state index contributed by atoms with van der Waals surface area (Å²) in [6.45, 7) is 20.0. The molecule has 0 aliphatic heterocycles. The molecule has 1 rings (SSSR count). The summed E-state index contributed by atoms with van der Waals surface area (Å²) in [6, 6.07) is 0. The number of hydrogen-bond acceptors (Lipinski definition) is 0. The molecule has 0 amide bonds. The average Bonchev–Trinajstić information content (AvgIpc) is 2.37. The van der Waals surface area contributed by atoms with Gasteiger partial charge in [-0.05, 0) is 61.2 Å². The van der Waals surface area contributed by atoms with E-state index >= 15 is 0 Å². The van der Waals surface area contributed by atoms with Gasteiger partial charge in [0.2, 0.25) is 0 Å². The molecule has 1 aliphatic carbocycles. The molecule has 1 aliphatic rings. The summed E-state index contributed by atoms with van der Waals surface area (Å²) >= 11 is 0. The molecule has 0 nitrogen and oxygen atoms in total. The normalized spacial score (nSPS) is 28.7. The Morgan fingerprint density at radius 3 is 2.48 bits per heavy atom. The van der Waals surface area contributed by atoms with E-state index in [4.69, 9.17) is 0 Å². The molecule has 0 heterocycles.